The van der Waals surface area contributed by atoms with E-state index >= 15 is 0 Å². The van der Waals surface area contributed by atoms with E-state index in [9.17, 15) is 4.79 Å². The molecule has 44 heavy (non-hydrogen) atoms. The Hall–Kier alpha value is -3.43. The Morgan fingerprint density at radius 2 is 1.80 bits per heavy atom. The molecule has 2 atom stereocenters. The lowest BCUT2D eigenvalue weighted by atomic mass is 9.87. The maximum Gasteiger partial charge on any atom is 0.227 e. The number of carbonyl (C=O) groups excluding carboxylic acids is 1. The minimum Gasteiger partial charge on any atom is -0.496 e. The average Bonchev–Trinajstić information content (AvgIpc) is 3.07. The maximum absolute atomic E-state index is 12.7. The second-order valence-corrected chi connectivity index (χ2v) is 11.4. The lowest BCUT2D eigenvalue weighted by Crippen LogP contribution is -2.41. The number of carbonyl (C=O) groups is 1. The van der Waals surface area contributed by atoms with Crippen molar-refractivity contribution >= 4 is 11.6 Å². The van der Waals surface area contributed by atoms with Gasteiger partial charge in [-0.25, -0.2) is 0 Å². The van der Waals surface area contributed by atoms with Crippen LogP contribution in [-0.4, -0.2) is 72.3 Å². The van der Waals surface area contributed by atoms with E-state index in [1.54, 1.807) is 14.2 Å². The van der Waals surface area contributed by atoms with Gasteiger partial charge < -0.3 is 33.9 Å². The van der Waals surface area contributed by atoms with Crippen LogP contribution in [0.2, 0.25) is 0 Å². The molecule has 0 aromatic heterocycles. The molecule has 8 nitrogen and oxygen atoms in total. The number of amides is 1. The Balaban J connectivity index is 1.10. The molecule has 2 aliphatic rings. The van der Waals surface area contributed by atoms with Gasteiger partial charge in [0, 0.05) is 44.8 Å². The fourth-order valence-corrected chi connectivity index (χ4v) is 6.10. The Bertz CT molecular complexity index is 1330. The summed E-state index contributed by atoms with van der Waals surface area (Å²) in [5.41, 5.74) is 5.75. The first-order valence-corrected chi connectivity index (χ1v) is 15.8. The third-order valence-electron chi connectivity index (χ3n) is 8.48. The Labute approximate surface area is 261 Å². The standard InChI is InChI=1S/C36H46N2O6/c1-40-20-5-19-38-33-24-27(8-9-29(33)12-15-36(38)39)26-44-35-25-37-18-16-32(35)28-10-13-31(14-11-28)43-23-22-42-21-17-30-6-3-4-7-34(30)41-2/h3-4,6-11,13-14,24,32,35,37H,5,12,15-23,25-26H2,1-2H3. The van der Waals surface area contributed by atoms with Crippen molar-refractivity contribution in [2.24, 2.45) is 0 Å². The van der Waals surface area contributed by atoms with Gasteiger partial charge in [-0.05, 0) is 78.7 Å². The second-order valence-electron chi connectivity index (χ2n) is 11.4. The molecule has 5 rings (SSSR count). The summed E-state index contributed by atoms with van der Waals surface area (Å²) < 4.78 is 28.9. The summed E-state index contributed by atoms with van der Waals surface area (Å²) in [4.78, 5) is 14.6. The molecule has 0 aliphatic carbocycles. The number of nitrogens with one attached hydrogen (secondary N) is 1. The molecule has 1 saturated heterocycles. The molecule has 0 spiro atoms. The summed E-state index contributed by atoms with van der Waals surface area (Å²) in [7, 11) is 3.39. The highest BCUT2D eigenvalue weighted by Crippen LogP contribution is 2.32. The van der Waals surface area contributed by atoms with Crippen LogP contribution in [0.25, 0.3) is 0 Å². The van der Waals surface area contributed by atoms with Crippen LogP contribution >= 0.6 is 0 Å². The predicted octanol–water partition coefficient (Wildman–Crippen LogP) is 5.31. The maximum atomic E-state index is 12.7. The SMILES string of the molecule is COCCCN1C(=O)CCc2ccc(COC3CNCCC3c3ccc(OCCOCCc4ccccc4OC)cc3)cc21. The van der Waals surface area contributed by atoms with Crippen molar-refractivity contribution in [3.05, 3.63) is 89.0 Å². The number of rotatable bonds is 16. The Morgan fingerprint density at radius 3 is 2.64 bits per heavy atom. The normalized spacial score (nSPS) is 18.2. The van der Waals surface area contributed by atoms with Crippen molar-refractivity contribution in [2.75, 3.05) is 65.2 Å². The topological polar surface area (TPSA) is 78.5 Å². The van der Waals surface area contributed by atoms with Gasteiger partial charge in [-0.2, -0.15) is 0 Å². The van der Waals surface area contributed by atoms with Crippen molar-refractivity contribution in [3.8, 4) is 11.5 Å². The van der Waals surface area contributed by atoms with Crippen LogP contribution in [0.15, 0.2) is 66.7 Å². The zero-order valence-corrected chi connectivity index (χ0v) is 26.1. The van der Waals surface area contributed by atoms with Gasteiger partial charge >= 0.3 is 0 Å². The number of nitrogens with zero attached hydrogens (tertiary/aromatic N) is 1. The van der Waals surface area contributed by atoms with E-state index in [0.29, 0.717) is 51.9 Å². The first-order chi connectivity index (χ1) is 21.7. The largest absolute Gasteiger partial charge is 0.496 e. The van der Waals surface area contributed by atoms with Gasteiger partial charge in [0.15, 0.2) is 0 Å². The van der Waals surface area contributed by atoms with Crippen LogP contribution in [0, 0.1) is 0 Å². The number of hydrogen-bond acceptors (Lipinski definition) is 7. The molecule has 236 valence electrons. The van der Waals surface area contributed by atoms with Gasteiger partial charge in [-0.1, -0.05) is 42.5 Å². The van der Waals surface area contributed by atoms with Gasteiger partial charge in [-0.3, -0.25) is 4.79 Å². The third-order valence-corrected chi connectivity index (χ3v) is 8.48. The third kappa shape index (κ3) is 8.60. The molecule has 1 fully saturated rings. The van der Waals surface area contributed by atoms with E-state index in [0.717, 1.165) is 67.1 Å². The van der Waals surface area contributed by atoms with Crippen molar-refractivity contribution in [2.45, 2.75) is 50.7 Å². The molecule has 2 heterocycles. The predicted molar refractivity (Wildman–Crippen MR) is 172 cm³/mol. The highest BCUT2D eigenvalue weighted by Gasteiger charge is 2.28. The van der Waals surface area contributed by atoms with Gasteiger partial charge in [0.25, 0.3) is 0 Å². The first kappa shape index (κ1) is 32.0. The minimum atomic E-state index is 0.0580. The van der Waals surface area contributed by atoms with E-state index in [-0.39, 0.29) is 12.0 Å². The number of benzene rings is 3. The summed E-state index contributed by atoms with van der Waals surface area (Å²) in [5, 5.41) is 3.50. The summed E-state index contributed by atoms with van der Waals surface area (Å²) in [6.07, 6.45) is 4.05. The molecular formula is C36H46N2O6. The molecule has 3 aromatic carbocycles. The van der Waals surface area contributed by atoms with Gasteiger partial charge in [-0.15, -0.1) is 0 Å². The molecule has 8 heteroatoms. The number of ether oxygens (including phenoxy) is 5. The fourth-order valence-electron chi connectivity index (χ4n) is 6.10. The zero-order chi connectivity index (χ0) is 30.6. The summed E-state index contributed by atoms with van der Waals surface area (Å²) in [6.45, 7) is 5.25. The Morgan fingerprint density at radius 1 is 0.932 bits per heavy atom. The number of fused-ring (bicyclic) bond motifs is 1. The van der Waals surface area contributed by atoms with E-state index in [1.807, 2.05) is 35.2 Å². The zero-order valence-electron chi connectivity index (χ0n) is 26.1. The number of para-hydroxylation sites is 1. The molecular weight excluding hydrogens is 556 g/mol. The highest BCUT2D eigenvalue weighted by atomic mass is 16.5. The van der Waals surface area contributed by atoms with Crippen LogP contribution < -0.4 is 19.7 Å². The van der Waals surface area contributed by atoms with Crippen LogP contribution in [0.1, 0.15) is 47.4 Å². The lowest BCUT2D eigenvalue weighted by molar-refractivity contribution is -0.118. The average molecular weight is 603 g/mol. The van der Waals surface area contributed by atoms with Gasteiger partial charge in [0.2, 0.25) is 5.91 Å². The van der Waals surface area contributed by atoms with E-state index in [2.05, 4.69) is 41.7 Å². The number of anilines is 1. The van der Waals surface area contributed by atoms with Crippen molar-refractivity contribution in [1.29, 1.82) is 0 Å². The van der Waals surface area contributed by atoms with E-state index < -0.39 is 0 Å². The fraction of sp³-hybridized carbons (Fsp3) is 0.472. The quantitative estimate of drug-likeness (QED) is 0.223. The first-order valence-electron chi connectivity index (χ1n) is 15.8. The monoisotopic (exact) mass is 602 g/mol. The molecule has 2 aliphatic heterocycles. The van der Waals surface area contributed by atoms with Crippen LogP contribution in [0.3, 0.4) is 0 Å². The number of methoxy groups -OCH3 is 2. The summed E-state index contributed by atoms with van der Waals surface area (Å²) in [5.74, 6) is 2.22. The molecule has 3 aromatic rings. The van der Waals surface area contributed by atoms with E-state index in [1.165, 1.54) is 11.1 Å². The minimum absolute atomic E-state index is 0.0580. The molecule has 0 bridgehead atoms. The lowest BCUT2D eigenvalue weighted by Gasteiger charge is -2.33. The van der Waals surface area contributed by atoms with Crippen LogP contribution in [0.4, 0.5) is 5.69 Å². The van der Waals surface area contributed by atoms with Crippen molar-refractivity contribution in [1.82, 2.24) is 5.32 Å². The van der Waals surface area contributed by atoms with E-state index in [4.69, 9.17) is 23.7 Å². The number of hydrogen-bond donors (Lipinski definition) is 1. The van der Waals surface area contributed by atoms with Crippen LogP contribution in [-0.2, 0) is 38.5 Å². The second kappa shape index (κ2) is 16.6. The van der Waals surface area contributed by atoms with Crippen LogP contribution in [0.5, 0.6) is 11.5 Å². The summed E-state index contributed by atoms with van der Waals surface area (Å²) >= 11 is 0. The Kier molecular flexibility index (Phi) is 12.1. The molecule has 2 unspecified atom stereocenters. The number of aryl methyl sites for hydroxylation is 1. The molecule has 0 radical (unpaired) electrons. The van der Waals surface area contributed by atoms with Crippen molar-refractivity contribution < 1.29 is 28.5 Å². The van der Waals surface area contributed by atoms with Crippen molar-refractivity contribution in [3.63, 3.8) is 0 Å². The molecule has 1 amide bonds. The molecule has 1 N–H and O–H groups in total. The number of piperidine rings is 1. The van der Waals surface area contributed by atoms with Gasteiger partial charge in [0.1, 0.15) is 18.1 Å². The smallest absolute Gasteiger partial charge is 0.227 e. The van der Waals surface area contributed by atoms with Gasteiger partial charge in [0.05, 0.1) is 33.0 Å². The molecule has 0 saturated carbocycles. The highest BCUT2D eigenvalue weighted by molar-refractivity contribution is 5.96. The summed E-state index contributed by atoms with van der Waals surface area (Å²) in [6, 6.07) is 22.9.